The lowest BCUT2D eigenvalue weighted by atomic mass is 10.2. The second-order valence-electron chi connectivity index (χ2n) is 6.78. The molecular weight excluding hydrogens is 424 g/mol. The van der Waals surface area contributed by atoms with Gasteiger partial charge in [-0.1, -0.05) is 6.07 Å². The number of anilines is 1. The number of nitrogens with zero attached hydrogens (tertiary/aromatic N) is 3. The number of aryl methyl sites for hydroxylation is 1. The minimum Gasteiger partial charge on any atom is -0.496 e. The molecule has 0 saturated carbocycles. The predicted octanol–water partition coefficient (Wildman–Crippen LogP) is 2.85. The van der Waals surface area contributed by atoms with Crippen LogP contribution in [-0.2, 0) is 23.0 Å². The van der Waals surface area contributed by atoms with Crippen LogP contribution in [0.5, 0.6) is 5.75 Å². The third kappa shape index (κ3) is 3.93. The van der Waals surface area contributed by atoms with Gasteiger partial charge in [0.1, 0.15) is 11.4 Å². The highest BCUT2D eigenvalue weighted by Crippen LogP contribution is 2.32. The first kappa shape index (κ1) is 20.5. The van der Waals surface area contributed by atoms with Gasteiger partial charge in [-0.3, -0.25) is 15.1 Å². The number of benzene rings is 1. The number of hydrogen-bond donors (Lipinski definition) is 1. The third-order valence-electron chi connectivity index (χ3n) is 4.82. The summed E-state index contributed by atoms with van der Waals surface area (Å²) in [6.45, 7) is 2.36. The van der Waals surface area contributed by atoms with E-state index in [9.17, 15) is 13.2 Å². The Morgan fingerprint density at radius 3 is 2.80 bits per heavy atom. The van der Waals surface area contributed by atoms with Crippen molar-refractivity contribution >= 4 is 32.4 Å². The fraction of sp³-hybridized carbons (Fsp3) is 0.250. The number of aromatic nitrogens is 2. The molecule has 3 heterocycles. The van der Waals surface area contributed by atoms with Crippen LogP contribution in [0.15, 0.2) is 47.5 Å². The molecule has 0 spiro atoms. The van der Waals surface area contributed by atoms with Crippen LogP contribution in [0.2, 0.25) is 0 Å². The van der Waals surface area contributed by atoms with E-state index in [-0.39, 0.29) is 17.3 Å². The quantitative estimate of drug-likeness (QED) is 0.649. The van der Waals surface area contributed by atoms with Crippen molar-refractivity contribution < 1.29 is 17.9 Å². The number of rotatable bonds is 5. The molecule has 8 nitrogen and oxygen atoms in total. The van der Waals surface area contributed by atoms with Gasteiger partial charge in [-0.2, -0.15) is 4.31 Å². The molecule has 10 heteroatoms. The molecule has 30 heavy (non-hydrogen) atoms. The average Bonchev–Trinajstić information content (AvgIpc) is 3.15. The third-order valence-corrected chi connectivity index (χ3v) is 7.66. The number of amides is 1. The summed E-state index contributed by atoms with van der Waals surface area (Å²) < 4.78 is 32.9. The molecule has 0 bridgehead atoms. The number of carbonyl (C=O) groups is 1. The van der Waals surface area contributed by atoms with E-state index < -0.39 is 10.0 Å². The van der Waals surface area contributed by atoms with E-state index in [2.05, 4.69) is 15.3 Å². The van der Waals surface area contributed by atoms with Crippen LogP contribution in [0.4, 0.5) is 5.13 Å². The largest absolute Gasteiger partial charge is 0.496 e. The van der Waals surface area contributed by atoms with Gasteiger partial charge in [0.15, 0.2) is 5.13 Å². The average molecular weight is 445 g/mol. The molecule has 0 fully saturated rings. The molecule has 0 atom stereocenters. The maximum absolute atomic E-state index is 13.1. The van der Waals surface area contributed by atoms with Crippen LogP contribution in [0.3, 0.4) is 0 Å². The summed E-state index contributed by atoms with van der Waals surface area (Å²) in [5.74, 6) is 0.297. The molecule has 0 radical (unpaired) electrons. The summed E-state index contributed by atoms with van der Waals surface area (Å²) in [5.41, 5.74) is 1.87. The van der Waals surface area contributed by atoms with Crippen molar-refractivity contribution in [3.8, 4) is 5.75 Å². The van der Waals surface area contributed by atoms with Crippen molar-refractivity contribution in [3.05, 3.63) is 64.4 Å². The van der Waals surface area contributed by atoms with E-state index in [1.807, 2.05) is 6.92 Å². The lowest BCUT2D eigenvalue weighted by Gasteiger charge is -2.25. The van der Waals surface area contributed by atoms with E-state index in [1.54, 1.807) is 49.7 Å². The number of thiazole rings is 1. The highest BCUT2D eigenvalue weighted by atomic mass is 32.2. The van der Waals surface area contributed by atoms with E-state index >= 15 is 0 Å². The summed E-state index contributed by atoms with van der Waals surface area (Å²) in [5, 5.41) is 3.18. The zero-order valence-corrected chi connectivity index (χ0v) is 18.1. The van der Waals surface area contributed by atoms with Gasteiger partial charge in [-0.25, -0.2) is 13.4 Å². The first-order valence-electron chi connectivity index (χ1n) is 9.24. The number of methoxy groups -OCH3 is 1. The second kappa shape index (κ2) is 8.13. The first-order chi connectivity index (χ1) is 14.4. The minimum atomic E-state index is -3.65. The SMILES string of the molecule is COc1ccc(S(=O)(=O)N2CCc3nc(NC(=O)c4ccccn4)sc3C2)cc1C. The number of nitrogens with one attached hydrogen (secondary N) is 1. The molecule has 0 saturated heterocycles. The Balaban J connectivity index is 1.52. The van der Waals surface area contributed by atoms with E-state index in [4.69, 9.17) is 4.74 Å². The molecule has 1 aliphatic rings. The van der Waals surface area contributed by atoms with Crippen LogP contribution >= 0.6 is 11.3 Å². The first-order valence-corrected chi connectivity index (χ1v) is 11.5. The molecule has 1 amide bonds. The molecule has 1 aromatic carbocycles. The molecule has 1 N–H and O–H groups in total. The Morgan fingerprint density at radius 1 is 1.27 bits per heavy atom. The number of pyridine rings is 1. The summed E-state index contributed by atoms with van der Waals surface area (Å²) in [6, 6.07) is 9.93. The highest BCUT2D eigenvalue weighted by molar-refractivity contribution is 7.89. The standard InChI is InChI=1S/C20H20N4O4S2/c1-13-11-14(6-7-17(13)28-2)30(26,27)24-10-8-15-18(12-24)29-20(22-15)23-19(25)16-5-3-4-9-21-16/h3-7,9,11H,8,10,12H2,1-2H3,(H,22,23,25). The van der Waals surface area contributed by atoms with Crippen molar-refractivity contribution in [1.82, 2.24) is 14.3 Å². The predicted molar refractivity (Wildman–Crippen MR) is 113 cm³/mol. The van der Waals surface area contributed by atoms with Crippen molar-refractivity contribution in [1.29, 1.82) is 0 Å². The summed E-state index contributed by atoms with van der Waals surface area (Å²) in [6.07, 6.45) is 2.03. The molecule has 2 aromatic heterocycles. The Labute approximate surface area is 178 Å². The minimum absolute atomic E-state index is 0.222. The molecule has 3 aromatic rings. The zero-order chi connectivity index (χ0) is 21.3. The Hall–Kier alpha value is -2.82. The lowest BCUT2D eigenvalue weighted by molar-refractivity contribution is 0.102. The van der Waals surface area contributed by atoms with Crippen LogP contribution in [-0.4, -0.2) is 42.3 Å². The number of carbonyl (C=O) groups excluding carboxylic acids is 1. The van der Waals surface area contributed by atoms with Crippen LogP contribution in [0.1, 0.15) is 26.6 Å². The van der Waals surface area contributed by atoms with Crippen LogP contribution in [0.25, 0.3) is 0 Å². The fourth-order valence-corrected chi connectivity index (χ4v) is 5.84. The lowest BCUT2D eigenvalue weighted by Crippen LogP contribution is -2.35. The number of fused-ring (bicyclic) bond motifs is 1. The van der Waals surface area contributed by atoms with Gasteiger partial charge in [0, 0.05) is 24.0 Å². The maximum Gasteiger partial charge on any atom is 0.276 e. The summed E-state index contributed by atoms with van der Waals surface area (Å²) in [7, 11) is -2.10. The Kier molecular flexibility index (Phi) is 5.54. The molecule has 4 rings (SSSR count). The number of ether oxygens (including phenoxy) is 1. The van der Waals surface area contributed by atoms with E-state index in [0.29, 0.717) is 29.5 Å². The topological polar surface area (TPSA) is 101 Å². The Morgan fingerprint density at radius 2 is 2.10 bits per heavy atom. The van der Waals surface area contributed by atoms with E-state index in [1.165, 1.54) is 15.6 Å². The maximum atomic E-state index is 13.1. The van der Waals surface area contributed by atoms with Gasteiger partial charge in [0.25, 0.3) is 5.91 Å². The molecule has 0 aliphatic carbocycles. The van der Waals surface area contributed by atoms with Crippen molar-refractivity contribution in [2.75, 3.05) is 19.0 Å². The second-order valence-corrected chi connectivity index (χ2v) is 9.80. The molecular formula is C20H20N4O4S2. The van der Waals surface area contributed by atoms with Crippen molar-refractivity contribution in [2.24, 2.45) is 0 Å². The monoisotopic (exact) mass is 444 g/mol. The summed E-state index contributed by atoms with van der Waals surface area (Å²) >= 11 is 1.29. The van der Waals surface area contributed by atoms with Gasteiger partial charge in [0.2, 0.25) is 10.0 Å². The van der Waals surface area contributed by atoms with Crippen molar-refractivity contribution in [3.63, 3.8) is 0 Å². The zero-order valence-electron chi connectivity index (χ0n) is 16.5. The highest BCUT2D eigenvalue weighted by Gasteiger charge is 2.31. The number of hydrogen-bond acceptors (Lipinski definition) is 7. The Bertz CT molecular complexity index is 1190. The summed E-state index contributed by atoms with van der Waals surface area (Å²) in [4.78, 5) is 21.8. The van der Waals surface area contributed by atoms with Gasteiger partial charge in [-0.05, 0) is 42.8 Å². The van der Waals surface area contributed by atoms with Gasteiger partial charge in [0.05, 0.1) is 24.2 Å². The van der Waals surface area contributed by atoms with Crippen molar-refractivity contribution in [2.45, 2.75) is 24.8 Å². The normalized spacial score (nSPS) is 14.2. The van der Waals surface area contributed by atoms with Gasteiger partial charge < -0.3 is 4.74 Å². The smallest absolute Gasteiger partial charge is 0.276 e. The van der Waals surface area contributed by atoms with Gasteiger partial charge >= 0.3 is 0 Å². The van der Waals surface area contributed by atoms with Crippen LogP contribution in [0, 0.1) is 6.92 Å². The molecule has 156 valence electrons. The molecule has 1 aliphatic heterocycles. The number of sulfonamides is 1. The van der Waals surface area contributed by atoms with Gasteiger partial charge in [-0.15, -0.1) is 11.3 Å². The molecule has 0 unspecified atom stereocenters. The van der Waals surface area contributed by atoms with E-state index in [0.717, 1.165) is 16.1 Å². The van der Waals surface area contributed by atoms with Crippen LogP contribution < -0.4 is 10.1 Å². The fourth-order valence-electron chi connectivity index (χ4n) is 3.25.